The molecule has 0 unspecified atom stereocenters. The van der Waals surface area contributed by atoms with E-state index in [1.165, 1.54) is 0 Å². The summed E-state index contributed by atoms with van der Waals surface area (Å²) in [6.07, 6.45) is 0. The van der Waals surface area contributed by atoms with E-state index in [0.717, 1.165) is 0 Å². The van der Waals surface area contributed by atoms with Gasteiger partial charge in [0.1, 0.15) is 0 Å². The molecular weight excluding hydrogens is 85.1 g/mol. The van der Waals surface area contributed by atoms with Crippen molar-refractivity contribution in [1.82, 2.24) is 6.15 Å². The van der Waals surface area contributed by atoms with Crippen LogP contribution in [0.5, 0.6) is 0 Å². The molecule has 0 spiro atoms. The molecule has 0 heterocycles. The summed E-state index contributed by atoms with van der Waals surface area (Å²) >= 11 is 0. The van der Waals surface area contributed by atoms with Crippen LogP contribution in [0.15, 0.2) is 0 Å². The molecule has 0 amide bonds. The van der Waals surface area contributed by atoms with Gasteiger partial charge in [-0.05, 0) is 0 Å². The second-order valence-electron chi connectivity index (χ2n) is 0. The Kier molecular flexibility index (Phi) is 297. The van der Waals surface area contributed by atoms with E-state index in [1.54, 1.807) is 0 Å². The zero-order valence-corrected chi connectivity index (χ0v) is 6.02. The molecule has 0 aromatic rings. The molecule has 6 N–H and O–H groups in total. The van der Waals surface area contributed by atoms with E-state index in [9.17, 15) is 0 Å². The Bertz CT molecular complexity index is 6.00. The maximum Gasteiger partial charge on any atom is 1.00 e. The van der Waals surface area contributed by atoms with Crippen LogP contribution in [0.4, 0.5) is 0 Å². The van der Waals surface area contributed by atoms with Gasteiger partial charge in [0, 0.05) is 0 Å². The quantitative estimate of drug-likeness (QED) is 0.322. The smallest absolute Gasteiger partial charge is 0.870 e. The van der Waals surface area contributed by atoms with Crippen molar-refractivity contribution in [3.8, 4) is 0 Å². The predicted molar refractivity (Wildman–Crippen MR) is 9.86 cm³/mol. The molecule has 0 bridgehead atoms. The van der Waals surface area contributed by atoms with Crippen molar-refractivity contribution in [3.63, 3.8) is 0 Å². The van der Waals surface area contributed by atoms with Gasteiger partial charge >= 0.3 is 51.4 Å². The summed E-state index contributed by atoms with van der Waals surface area (Å²) < 4.78 is 0. The second kappa shape index (κ2) is 24.3. The fourth-order valence-electron chi connectivity index (χ4n) is 0. The van der Waals surface area contributed by atoms with Crippen molar-refractivity contribution in [1.29, 1.82) is 0 Å². The average Bonchev–Trinajstić information content (AvgIpc) is 0. The van der Waals surface area contributed by atoms with Gasteiger partial charge < -0.3 is 17.1 Å². The van der Waals surface area contributed by atoms with Crippen LogP contribution in [-0.2, 0) is 0 Å². The number of rotatable bonds is 0. The van der Waals surface area contributed by atoms with Crippen molar-refractivity contribution in [2.75, 3.05) is 0 Å². The number of quaternary nitrogens is 1. The van der Waals surface area contributed by atoms with Gasteiger partial charge in [-0.1, -0.05) is 0 Å². The Morgan fingerprint density at radius 2 is 0.750 bits per heavy atom. The maximum absolute atomic E-state index is 0. The van der Waals surface area contributed by atoms with Gasteiger partial charge in [0.05, 0.1) is 0 Å². The van der Waals surface area contributed by atoms with Gasteiger partial charge in [0.15, 0.2) is 0 Å². The fourth-order valence-corrected chi connectivity index (χ4v) is 0. The van der Waals surface area contributed by atoms with Crippen LogP contribution >= 0.6 is 0 Å². The first-order valence-electron chi connectivity index (χ1n) is 0. The van der Waals surface area contributed by atoms with Crippen LogP contribution in [0.1, 0.15) is 0 Å². The Balaban J connectivity index is 0. The van der Waals surface area contributed by atoms with E-state index in [2.05, 4.69) is 0 Å². The molecule has 0 atom stereocenters. The molecule has 4 heteroatoms. The first kappa shape index (κ1) is 48.9. The summed E-state index contributed by atoms with van der Waals surface area (Å²) in [7, 11) is 0. The van der Waals surface area contributed by atoms with Crippen molar-refractivity contribution < 1.29 is 62.3 Å². The van der Waals surface area contributed by atoms with Crippen molar-refractivity contribution in [3.05, 3.63) is 0 Å². The SMILES string of the molecule is [K+].[NH4+].[OH-].[OH-]. The normalized spacial score (nSPS) is 0. The van der Waals surface area contributed by atoms with Gasteiger partial charge in [-0.2, -0.15) is 0 Å². The Morgan fingerprint density at radius 3 is 0.750 bits per heavy atom. The molecule has 0 aliphatic heterocycles. The van der Waals surface area contributed by atoms with Crippen LogP contribution in [0.25, 0.3) is 0 Å². The molecular formula is H6KNO2. The second-order valence-corrected chi connectivity index (χ2v) is 0. The third-order valence-corrected chi connectivity index (χ3v) is 0. The minimum atomic E-state index is 0. The Hall–Kier alpha value is 1.52. The van der Waals surface area contributed by atoms with Crippen molar-refractivity contribution in [2.45, 2.75) is 0 Å². The first-order chi connectivity index (χ1) is 0. The van der Waals surface area contributed by atoms with Crippen molar-refractivity contribution >= 4 is 0 Å². The zero-order chi connectivity index (χ0) is 0. The van der Waals surface area contributed by atoms with E-state index >= 15 is 0 Å². The predicted octanol–water partition coefficient (Wildman–Crippen LogP) is -2.97. The largest absolute Gasteiger partial charge is 1.00 e. The third kappa shape index (κ3) is 9.68. The summed E-state index contributed by atoms with van der Waals surface area (Å²) in [5, 5.41) is 0. The van der Waals surface area contributed by atoms with Gasteiger partial charge in [-0.15, -0.1) is 0 Å². The molecule has 0 fully saturated rings. The minimum Gasteiger partial charge on any atom is -0.870 e. The van der Waals surface area contributed by atoms with E-state index < -0.39 is 0 Å². The third-order valence-electron chi connectivity index (χ3n) is 0. The summed E-state index contributed by atoms with van der Waals surface area (Å²) in [5.41, 5.74) is 0. The van der Waals surface area contributed by atoms with Crippen LogP contribution < -0.4 is 57.5 Å². The standard InChI is InChI=1S/K.H3N.2H2O/h;1H3;2*1H2/q+1;;;/p-1. The molecule has 0 aromatic heterocycles. The molecule has 0 aromatic carbocycles. The first-order valence-corrected chi connectivity index (χ1v) is 0. The van der Waals surface area contributed by atoms with Gasteiger partial charge in [0.25, 0.3) is 0 Å². The van der Waals surface area contributed by atoms with Crippen LogP contribution in [0, 0.1) is 0 Å². The minimum absolute atomic E-state index is 0. The van der Waals surface area contributed by atoms with Crippen LogP contribution in [0.2, 0.25) is 0 Å². The summed E-state index contributed by atoms with van der Waals surface area (Å²) in [6.45, 7) is 0. The molecule has 0 radical (unpaired) electrons. The van der Waals surface area contributed by atoms with Gasteiger partial charge in [-0.25, -0.2) is 0 Å². The van der Waals surface area contributed by atoms with E-state index in [4.69, 9.17) is 0 Å². The van der Waals surface area contributed by atoms with Crippen molar-refractivity contribution in [2.24, 2.45) is 0 Å². The fraction of sp³-hybridized carbons (Fsp3) is 0. The average molecular weight is 91.2 g/mol. The molecule has 24 valence electrons. The topological polar surface area (TPSA) is 96.5 Å². The number of hydrogen-bond acceptors (Lipinski definition) is 2. The molecule has 0 saturated carbocycles. The van der Waals surface area contributed by atoms with Gasteiger partial charge in [-0.3, -0.25) is 0 Å². The summed E-state index contributed by atoms with van der Waals surface area (Å²) in [6, 6.07) is 0. The summed E-state index contributed by atoms with van der Waals surface area (Å²) in [5.74, 6) is 0. The van der Waals surface area contributed by atoms with E-state index in [1.807, 2.05) is 0 Å². The Morgan fingerprint density at radius 1 is 0.750 bits per heavy atom. The number of hydrogen-bond donors (Lipinski definition) is 1. The Labute approximate surface area is 67.4 Å². The maximum atomic E-state index is 0. The molecule has 0 aliphatic rings. The molecule has 0 aliphatic carbocycles. The van der Waals surface area contributed by atoms with Crippen LogP contribution in [-0.4, -0.2) is 11.0 Å². The van der Waals surface area contributed by atoms with E-state index in [-0.39, 0.29) is 68.5 Å². The van der Waals surface area contributed by atoms with E-state index in [0.29, 0.717) is 0 Å². The molecule has 0 rings (SSSR count). The van der Waals surface area contributed by atoms with Gasteiger partial charge in [0.2, 0.25) is 0 Å². The van der Waals surface area contributed by atoms with Crippen LogP contribution in [0.3, 0.4) is 0 Å². The molecule has 3 nitrogen and oxygen atoms in total. The monoisotopic (exact) mass is 91.0 g/mol. The summed E-state index contributed by atoms with van der Waals surface area (Å²) in [4.78, 5) is 0. The molecule has 4 heavy (non-hydrogen) atoms. The molecule has 0 saturated heterocycles. The zero-order valence-electron chi connectivity index (χ0n) is 2.89.